The first-order valence-electron chi connectivity index (χ1n) is 8.05. The smallest absolute Gasteiger partial charge is 0.299 e. The highest BCUT2D eigenvalue weighted by Crippen LogP contribution is 2.45. The molecule has 4 unspecified atom stereocenters. The lowest BCUT2D eigenvalue weighted by Crippen LogP contribution is -2.41. The van der Waals surface area contributed by atoms with Crippen molar-refractivity contribution in [1.29, 1.82) is 0 Å². The second-order valence-electron chi connectivity index (χ2n) is 6.50. The molecule has 2 fully saturated rings. The highest BCUT2D eigenvalue weighted by Gasteiger charge is 2.49. The van der Waals surface area contributed by atoms with E-state index < -0.39 is 18.0 Å². The molecule has 0 spiro atoms. The first kappa shape index (κ1) is 15.8. The lowest BCUT2D eigenvalue weighted by atomic mass is 9.67. The van der Waals surface area contributed by atoms with E-state index in [2.05, 4.69) is 6.92 Å². The van der Waals surface area contributed by atoms with Crippen LogP contribution in [0, 0.1) is 23.7 Å². The maximum Gasteiger partial charge on any atom is 0.392 e. The van der Waals surface area contributed by atoms with E-state index in [-0.39, 0.29) is 18.1 Å². The maximum absolute atomic E-state index is 13.1. The number of carbonyl (C=O) groups excluding carboxylic acids is 1. The summed E-state index contributed by atoms with van der Waals surface area (Å²) in [5.41, 5.74) is 0. The van der Waals surface area contributed by atoms with Crippen molar-refractivity contribution < 1.29 is 18.0 Å². The van der Waals surface area contributed by atoms with E-state index in [4.69, 9.17) is 0 Å². The Bertz CT molecular complexity index is 337. The van der Waals surface area contributed by atoms with Gasteiger partial charge in [0, 0.05) is 11.8 Å². The van der Waals surface area contributed by atoms with Crippen LogP contribution in [-0.4, -0.2) is 12.0 Å². The SMILES string of the molecule is CCC1CCCCC1C(=O)C1CCCCC1C(F)(F)F. The summed E-state index contributed by atoms with van der Waals surface area (Å²) in [6, 6.07) is 0. The highest BCUT2D eigenvalue weighted by atomic mass is 19.4. The first-order valence-corrected chi connectivity index (χ1v) is 8.05. The van der Waals surface area contributed by atoms with Crippen molar-refractivity contribution >= 4 is 5.78 Å². The Hall–Kier alpha value is -0.540. The highest BCUT2D eigenvalue weighted by molar-refractivity contribution is 5.84. The van der Waals surface area contributed by atoms with Gasteiger partial charge in [0.25, 0.3) is 0 Å². The zero-order valence-electron chi connectivity index (χ0n) is 12.2. The predicted octanol–water partition coefficient (Wildman–Crippen LogP) is 5.14. The Morgan fingerprint density at radius 2 is 1.50 bits per heavy atom. The molecular formula is C16H25F3O. The molecule has 0 aromatic carbocycles. The first-order chi connectivity index (χ1) is 9.45. The van der Waals surface area contributed by atoms with Crippen molar-refractivity contribution in [3.8, 4) is 0 Å². The summed E-state index contributed by atoms with van der Waals surface area (Å²) in [6.07, 6.45) is 2.60. The van der Waals surface area contributed by atoms with Gasteiger partial charge in [0.2, 0.25) is 0 Å². The molecule has 0 aliphatic heterocycles. The molecule has 0 N–H and O–H groups in total. The third-order valence-electron chi connectivity index (χ3n) is 5.35. The summed E-state index contributed by atoms with van der Waals surface area (Å²) in [7, 11) is 0. The van der Waals surface area contributed by atoms with E-state index in [1.54, 1.807) is 0 Å². The van der Waals surface area contributed by atoms with E-state index in [0.29, 0.717) is 18.8 Å². The molecular weight excluding hydrogens is 265 g/mol. The minimum Gasteiger partial charge on any atom is -0.299 e. The number of rotatable bonds is 3. The van der Waals surface area contributed by atoms with Gasteiger partial charge in [0.15, 0.2) is 0 Å². The van der Waals surface area contributed by atoms with Crippen LogP contribution in [0.5, 0.6) is 0 Å². The minimum atomic E-state index is -4.21. The zero-order chi connectivity index (χ0) is 14.8. The minimum absolute atomic E-state index is 0.0708. The molecule has 0 aromatic heterocycles. The summed E-state index contributed by atoms with van der Waals surface area (Å²) in [5.74, 6) is -2.02. The Labute approximate surface area is 119 Å². The van der Waals surface area contributed by atoms with Gasteiger partial charge in [-0.25, -0.2) is 0 Å². The fraction of sp³-hybridized carbons (Fsp3) is 0.938. The molecule has 4 heteroatoms. The van der Waals surface area contributed by atoms with Crippen LogP contribution in [0.4, 0.5) is 13.2 Å². The van der Waals surface area contributed by atoms with E-state index in [9.17, 15) is 18.0 Å². The number of carbonyl (C=O) groups is 1. The number of ketones is 1. The van der Waals surface area contributed by atoms with Gasteiger partial charge in [-0.1, -0.05) is 39.0 Å². The third kappa shape index (κ3) is 3.37. The van der Waals surface area contributed by atoms with Gasteiger partial charge >= 0.3 is 6.18 Å². The Morgan fingerprint density at radius 3 is 2.10 bits per heavy atom. The number of alkyl halides is 3. The molecule has 2 aliphatic carbocycles. The zero-order valence-corrected chi connectivity index (χ0v) is 12.2. The summed E-state index contributed by atoms with van der Waals surface area (Å²) in [6.45, 7) is 2.05. The average molecular weight is 290 g/mol. The number of hydrogen-bond donors (Lipinski definition) is 0. The van der Waals surface area contributed by atoms with Crippen LogP contribution >= 0.6 is 0 Å². The number of halogens is 3. The quantitative estimate of drug-likeness (QED) is 0.703. The lowest BCUT2D eigenvalue weighted by molar-refractivity contribution is -0.199. The van der Waals surface area contributed by atoms with E-state index >= 15 is 0 Å². The normalized spacial score (nSPS) is 35.8. The Balaban J connectivity index is 2.12. The van der Waals surface area contributed by atoms with Crippen LogP contribution in [0.25, 0.3) is 0 Å². The number of hydrogen-bond acceptors (Lipinski definition) is 1. The van der Waals surface area contributed by atoms with Gasteiger partial charge < -0.3 is 0 Å². The molecule has 20 heavy (non-hydrogen) atoms. The molecule has 116 valence electrons. The predicted molar refractivity (Wildman–Crippen MR) is 72.2 cm³/mol. The van der Waals surface area contributed by atoms with Crippen molar-refractivity contribution in [3.63, 3.8) is 0 Å². The van der Waals surface area contributed by atoms with Crippen LogP contribution in [0.2, 0.25) is 0 Å². The topological polar surface area (TPSA) is 17.1 Å². The molecule has 2 saturated carbocycles. The molecule has 0 aromatic rings. The van der Waals surface area contributed by atoms with Gasteiger partial charge in [0.1, 0.15) is 5.78 Å². The monoisotopic (exact) mass is 290 g/mol. The molecule has 4 atom stereocenters. The molecule has 0 saturated heterocycles. The van der Waals surface area contributed by atoms with Crippen molar-refractivity contribution in [3.05, 3.63) is 0 Å². The van der Waals surface area contributed by atoms with Crippen LogP contribution in [0.1, 0.15) is 64.7 Å². The molecule has 2 aliphatic rings. The van der Waals surface area contributed by atoms with Crippen molar-refractivity contribution in [1.82, 2.24) is 0 Å². The summed E-state index contributed by atoms with van der Waals surface area (Å²) < 4.78 is 39.4. The largest absolute Gasteiger partial charge is 0.392 e. The van der Waals surface area contributed by atoms with E-state index in [1.165, 1.54) is 0 Å². The Morgan fingerprint density at radius 1 is 0.950 bits per heavy atom. The molecule has 0 heterocycles. The van der Waals surface area contributed by atoms with Crippen molar-refractivity contribution in [2.45, 2.75) is 70.9 Å². The molecule has 0 amide bonds. The standard InChI is InChI=1S/C16H25F3O/c1-2-11-7-3-4-8-12(11)15(20)13-9-5-6-10-14(13)16(17,18)19/h11-14H,2-10H2,1H3. The fourth-order valence-corrected chi connectivity index (χ4v) is 4.21. The fourth-order valence-electron chi connectivity index (χ4n) is 4.21. The van der Waals surface area contributed by atoms with Gasteiger partial charge in [0.05, 0.1) is 5.92 Å². The molecule has 0 radical (unpaired) electrons. The van der Waals surface area contributed by atoms with Gasteiger partial charge in [-0.3, -0.25) is 4.79 Å². The van der Waals surface area contributed by atoms with Crippen LogP contribution in [-0.2, 0) is 4.79 Å². The molecule has 0 bridgehead atoms. The van der Waals surface area contributed by atoms with Crippen molar-refractivity contribution in [2.75, 3.05) is 0 Å². The molecule has 1 nitrogen and oxygen atoms in total. The average Bonchev–Trinajstić information content (AvgIpc) is 2.45. The van der Waals surface area contributed by atoms with Crippen LogP contribution in [0.3, 0.4) is 0 Å². The van der Waals surface area contributed by atoms with Gasteiger partial charge in [-0.2, -0.15) is 13.2 Å². The van der Waals surface area contributed by atoms with Gasteiger partial charge in [-0.15, -0.1) is 0 Å². The lowest BCUT2D eigenvalue weighted by Gasteiger charge is -2.37. The summed E-state index contributed by atoms with van der Waals surface area (Å²) >= 11 is 0. The maximum atomic E-state index is 13.1. The number of Topliss-reactive ketones (excluding diaryl/α,β-unsaturated/α-hetero) is 1. The Kier molecular flexibility index (Phi) is 5.14. The summed E-state index contributed by atoms with van der Waals surface area (Å²) in [5, 5.41) is 0. The van der Waals surface area contributed by atoms with Crippen LogP contribution in [0.15, 0.2) is 0 Å². The second-order valence-corrected chi connectivity index (χ2v) is 6.50. The van der Waals surface area contributed by atoms with Gasteiger partial charge in [-0.05, 0) is 31.6 Å². The molecule has 2 rings (SSSR count). The second kappa shape index (κ2) is 6.48. The van der Waals surface area contributed by atoms with Crippen LogP contribution < -0.4 is 0 Å². The summed E-state index contributed by atoms with van der Waals surface area (Å²) in [4.78, 5) is 12.7. The third-order valence-corrected chi connectivity index (χ3v) is 5.35. The van der Waals surface area contributed by atoms with E-state index in [1.807, 2.05) is 0 Å². The van der Waals surface area contributed by atoms with E-state index in [0.717, 1.165) is 38.5 Å². The van der Waals surface area contributed by atoms with Crippen molar-refractivity contribution in [2.24, 2.45) is 23.7 Å².